The number of carbonyl (C=O) groups is 1. The first-order chi connectivity index (χ1) is 7.58. The minimum absolute atomic E-state index is 0.179. The molecule has 82 valence electrons. The van der Waals surface area contributed by atoms with Crippen LogP contribution in [0.5, 0.6) is 5.75 Å². The van der Waals surface area contributed by atoms with Gasteiger partial charge >= 0.3 is 6.16 Å². The van der Waals surface area contributed by atoms with E-state index >= 15 is 0 Å². The number of hydrogen-bond acceptors (Lipinski definition) is 4. The number of carboxylic acid groups (broad SMARTS) is 1. The van der Waals surface area contributed by atoms with Gasteiger partial charge in [0.05, 0.1) is 17.2 Å². The molecule has 0 unspecified atom stereocenters. The Morgan fingerprint density at radius 1 is 1.50 bits per heavy atom. The second-order valence-electron chi connectivity index (χ2n) is 3.23. The molecule has 2 aromatic rings. The maximum Gasteiger partial charge on any atom is 0.511 e. The molecule has 1 aromatic carbocycles. The summed E-state index contributed by atoms with van der Waals surface area (Å²) in [5, 5.41) is 8.91. The monoisotopic (exact) mass is 220 g/mol. The van der Waals surface area contributed by atoms with Crippen LogP contribution in [0, 0.1) is 6.92 Å². The molecule has 0 saturated carbocycles. The number of aryl methyl sites for hydroxylation is 1. The molecule has 0 aliphatic heterocycles. The van der Waals surface area contributed by atoms with Crippen molar-refractivity contribution in [2.45, 2.75) is 6.92 Å². The molecule has 6 nitrogen and oxygen atoms in total. The fourth-order valence-electron chi connectivity index (χ4n) is 1.41. The molecule has 2 N–H and O–H groups in total. The summed E-state index contributed by atoms with van der Waals surface area (Å²) in [6.07, 6.45) is -0.142. The molecule has 0 saturated heterocycles. The number of aromatic amines is 1. The van der Waals surface area contributed by atoms with Gasteiger partial charge < -0.3 is 14.8 Å². The van der Waals surface area contributed by atoms with E-state index in [1.54, 1.807) is 13.0 Å². The van der Waals surface area contributed by atoms with Crippen molar-refractivity contribution in [3.05, 3.63) is 34.4 Å². The first kappa shape index (κ1) is 10.2. The van der Waals surface area contributed by atoms with Crippen molar-refractivity contribution in [3.63, 3.8) is 0 Å². The molecule has 6 heteroatoms. The SMILES string of the molecule is Cc1cc2c(=O)[nH]cnc2cc1OC(=O)O. The standard InChI is InChI=1S/C10H8N2O4/c1-5-2-6-7(11-4-12-9(6)13)3-8(5)16-10(14)15/h2-4H,1H3,(H,14,15)(H,11,12,13). The lowest BCUT2D eigenvalue weighted by atomic mass is 10.1. The van der Waals surface area contributed by atoms with E-state index in [-0.39, 0.29) is 11.3 Å². The van der Waals surface area contributed by atoms with Crippen molar-refractivity contribution >= 4 is 17.1 Å². The Hall–Kier alpha value is -2.37. The molecule has 0 spiro atoms. The zero-order valence-corrected chi connectivity index (χ0v) is 8.35. The third kappa shape index (κ3) is 1.72. The van der Waals surface area contributed by atoms with E-state index in [1.807, 2.05) is 0 Å². The largest absolute Gasteiger partial charge is 0.511 e. The summed E-state index contributed by atoms with van der Waals surface area (Å²) < 4.78 is 4.56. The highest BCUT2D eigenvalue weighted by Gasteiger charge is 2.08. The van der Waals surface area contributed by atoms with Crippen LogP contribution in [0.15, 0.2) is 23.3 Å². The van der Waals surface area contributed by atoms with Crippen LogP contribution in [-0.2, 0) is 0 Å². The van der Waals surface area contributed by atoms with Crippen molar-refractivity contribution in [3.8, 4) is 5.75 Å². The molecule has 0 bridgehead atoms. The highest BCUT2D eigenvalue weighted by atomic mass is 16.7. The zero-order chi connectivity index (χ0) is 11.7. The fourth-order valence-corrected chi connectivity index (χ4v) is 1.41. The Morgan fingerprint density at radius 2 is 2.25 bits per heavy atom. The van der Waals surface area contributed by atoms with E-state index in [2.05, 4.69) is 14.7 Å². The van der Waals surface area contributed by atoms with E-state index in [4.69, 9.17) is 5.11 Å². The van der Waals surface area contributed by atoms with Crippen LogP contribution in [0.25, 0.3) is 10.9 Å². The Morgan fingerprint density at radius 3 is 2.94 bits per heavy atom. The number of nitrogens with zero attached hydrogens (tertiary/aromatic N) is 1. The Labute approximate surface area is 89.5 Å². The van der Waals surface area contributed by atoms with Crippen LogP contribution in [0.3, 0.4) is 0 Å². The van der Waals surface area contributed by atoms with Crippen LogP contribution < -0.4 is 10.3 Å². The first-order valence-electron chi connectivity index (χ1n) is 4.47. The number of nitrogens with one attached hydrogen (secondary N) is 1. The number of fused-ring (bicyclic) bond motifs is 1. The van der Waals surface area contributed by atoms with Gasteiger partial charge in [0.15, 0.2) is 0 Å². The van der Waals surface area contributed by atoms with Crippen LogP contribution in [0.2, 0.25) is 0 Å². The summed E-state index contributed by atoms with van der Waals surface area (Å²) in [6.45, 7) is 1.66. The molecule has 0 atom stereocenters. The number of rotatable bonds is 1. The Bertz CT molecular complexity index is 618. The molecule has 0 aliphatic rings. The average Bonchev–Trinajstić information content (AvgIpc) is 2.20. The van der Waals surface area contributed by atoms with Crippen LogP contribution in [0.4, 0.5) is 4.79 Å². The normalized spacial score (nSPS) is 10.3. The molecule has 16 heavy (non-hydrogen) atoms. The number of ether oxygens (including phenoxy) is 1. The molecule has 1 heterocycles. The second-order valence-corrected chi connectivity index (χ2v) is 3.23. The quantitative estimate of drug-likeness (QED) is 0.558. The van der Waals surface area contributed by atoms with E-state index in [1.165, 1.54) is 12.4 Å². The zero-order valence-electron chi connectivity index (χ0n) is 8.35. The summed E-state index contributed by atoms with van der Waals surface area (Å²) in [4.78, 5) is 28.2. The smallest absolute Gasteiger partial charge is 0.449 e. The van der Waals surface area contributed by atoms with Crippen LogP contribution in [-0.4, -0.2) is 21.2 Å². The van der Waals surface area contributed by atoms with Crippen LogP contribution >= 0.6 is 0 Å². The molecule has 0 aliphatic carbocycles. The maximum absolute atomic E-state index is 11.4. The summed E-state index contributed by atoms with van der Waals surface area (Å²) in [5.41, 5.74) is 0.689. The van der Waals surface area contributed by atoms with E-state index < -0.39 is 6.16 Å². The lowest BCUT2D eigenvalue weighted by Gasteiger charge is -2.05. The van der Waals surface area contributed by atoms with E-state index in [0.29, 0.717) is 16.5 Å². The van der Waals surface area contributed by atoms with Crippen molar-refractivity contribution in [1.82, 2.24) is 9.97 Å². The van der Waals surface area contributed by atoms with Crippen molar-refractivity contribution in [2.24, 2.45) is 0 Å². The lowest BCUT2D eigenvalue weighted by Crippen LogP contribution is -2.08. The molecular formula is C10H8N2O4. The minimum atomic E-state index is -1.40. The van der Waals surface area contributed by atoms with Gasteiger partial charge in [-0.25, -0.2) is 9.78 Å². The third-order valence-electron chi connectivity index (χ3n) is 2.13. The molecule has 0 amide bonds. The summed E-state index contributed by atoms with van der Waals surface area (Å²) in [7, 11) is 0. The topological polar surface area (TPSA) is 92.3 Å². The molecule has 0 fully saturated rings. The number of hydrogen-bond donors (Lipinski definition) is 2. The minimum Gasteiger partial charge on any atom is -0.449 e. The summed E-state index contributed by atoms with van der Waals surface area (Å²) in [5.74, 6) is 0.179. The first-order valence-corrected chi connectivity index (χ1v) is 4.47. The molecule has 0 radical (unpaired) electrons. The fraction of sp³-hybridized carbons (Fsp3) is 0.100. The van der Waals surface area contributed by atoms with Crippen LogP contribution in [0.1, 0.15) is 5.56 Å². The Balaban J connectivity index is 2.67. The van der Waals surface area contributed by atoms with Gasteiger partial charge in [0.25, 0.3) is 5.56 Å². The average molecular weight is 220 g/mol. The van der Waals surface area contributed by atoms with Crippen molar-refractivity contribution in [2.75, 3.05) is 0 Å². The van der Waals surface area contributed by atoms with Gasteiger partial charge in [0.2, 0.25) is 0 Å². The van der Waals surface area contributed by atoms with Gasteiger partial charge in [-0.3, -0.25) is 4.79 Å². The van der Waals surface area contributed by atoms with Gasteiger partial charge in [0, 0.05) is 6.07 Å². The van der Waals surface area contributed by atoms with Crippen molar-refractivity contribution < 1.29 is 14.6 Å². The molecular weight excluding hydrogens is 212 g/mol. The second kappa shape index (κ2) is 3.65. The van der Waals surface area contributed by atoms with Gasteiger partial charge in [-0.05, 0) is 18.6 Å². The summed E-state index contributed by atoms with van der Waals surface area (Å²) in [6, 6.07) is 2.97. The van der Waals surface area contributed by atoms with Gasteiger partial charge in [-0.15, -0.1) is 0 Å². The predicted molar refractivity (Wildman–Crippen MR) is 55.8 cm³/mol. The lowest BCUT2D eigenvalue weighted by molar-refractivity contribution is 0.144. The molecule has 1 aromatic heterocycles. The maximum atomic E-state index is 11.4. The number of benzene rings is 1. The third-order valence-corrected chi connectivity index (χ3v) is 2.13. The van der Waals surface area contributed by atoms with Gasteiger partial charge in [-0.1, -0.05) is 0 Å². The number of aromatic nitrogens is 2. The predicted octanol–water partition coefficient (Wildman–Crippen LogP) is 1.29. The summed E-state index contributed by atoms with van der Waals surface area (Å²) >= 11 is 0. The van der Waals surface area contributed by atoms with E-state index in [0.717, 1.165) is 0 Å². The van der Waals surface area contributed by atoms with E-state index in [9.17, 15) is 9.59 Å². The van der Waals surface area contributed by atoms with Gasteiger partial charge in [0.1, 0.15) is 5.75 Å². The van der Waals surface area contributed by atoms with Gasteiger partial charge in [-0.2, -0.15) is 0 Å². The highest BCUT2D eigenvalue weighted by Crippen LogP contribution is 2.22. The highest BCUT2D eigenvalue weighted by molar-refractivity contribution is 5.81. The van der Waals surface area contributed by atoms with Crippen molar-refractivity contribution in [1.29, 1.82) is 0 Å². The molecule has 2 rings (SSSR count). The Kier molecular flexibility index (Phi) is 2.32. The number of H-pyrrole nitrogens is 1.